The number of rotatable bonds is 8. The van der Waals surface area contributed by atoms with Crippen LogP contribution in [0.4, 0.5) is 5.69 Å². The Morgan fingerprint density at radius 3 is 2.73 bits per heavy atom. The molecule has 0 saturated carbocycles. The Balaban J connectivity index is 1.50. The first-order chi connectivity index (χ1) is 14.7. The van der Waals surface area contributed by atoms with Crippen molar-refractivity contribution in [3.8, 4) is 16.5 Å². The fourth-order valence-electron chi connectivity index (χ4n) is 2.92. The van der Waals surface area contributed by atoms with Gasteiger partial charge in [0.2, 0.25) is 5.91 Å². The van der Waals surface area contributed by atoms with Crippen LogP contribution in [0.15, 0.2) is 77.3 Å². The van der Waals surface area contributed by atoms with Gasteiger partial charge >= 0.3 is 0 Å². The second-order valence-corrected chi connectivity index (χ2v) is 8.31. The van der Waals surface area contributed by atoms with Gasteiger partial charge in [-0.1, -0.05) is 54.2 Å². The summed E-state index contributed by atoms with van der Waals surface area (Å²) in [4.78, 5) is 13.5. The van der Waals surface area contributed by atoms with Crippen LogP contribution in [-0.2, 0) is 11.3 Å². The van der Waals surface area contributed by atoms with Gasteiger partial charge in [0.15, 0.2) is 11.0 Å². The maximum absolute atomic E-state index is 12.5. The van der Waals surface area contributed by atoms with Gasteiger partial charge < -0.3 is 10.1 Å². The standard InChI is InChI=1S/C22H20N4O2S2/c1-28-18-10-5-9-17(13-18)23-20(27)15-30-22-25-24-21(19-11-6-12-29-19)26(22)14-16-7-3-2-4-8-16/h2-13H,14-15H2,1H3,(H,23,27). The summed E-state index contributed by atoms with van der Waals surface area (Å²) in [7, 11) is 1.60. The third-order valence-electron chi connectivity index (χ3n) is 4.33. The molecule has 4 aromatic rings. The Kier molecular flexibility index (Phi) is 6.46. The summed E-state index contributed by atoms with van der Waals surface area (Å²) in [5, 5.41) is 14.4. The third-order valence-corrected chi connectivity index (χ3v) is 6.16. The van der Waals surface area contributed by atoms with Crippen molar-refractivity contribution in [2.45, 2.75) is 11.7 Å². The van der Waals surface area contributed by atoms with E-state index in [1.165, 1.54) is 11.8 Å². The number of aromatic nitrogens is 3. The maximum atomic E-state index is 12.5. The zero-order valence-corrected chi connectivity index (χ0v) is 18.0. The molecule has 8 heteroatoms. The number of amides is 1. The second kappa shape index (κ2) is 9.60. The first-order valence-corrected chi connectivity index (χ1v) is 11.2. The molecular weight excluding hydrogens is 416 g/mol. The predicted octanol–water partition coefficient (Wildman–Crippen LogP) is 4.79. The SMILES string of the molecule is COc1cccc(NC(=O)CSc2nnc(-c3cccs3)n2Cc2ccccc2)c1. The van der Waals surface area contributed by atoms with Crippen molar-refractivity contribution in [2.75, 3.05) is 18.2 Å². The van der Waals surface area contributed by atoms with Gasteiger partial charge in [0.1, 0.15) is 5.75 Å². The Morgan fingerprint density at radius 2 is 1.97 bits per heavy atom. The van der Waals surface area contributed by atoms with Gasteiger partial charge in [-0.25, -0.2) is 0 Å². The minimum absolute atomic E-state index is 0.111. The van der Waals surface area contributed by atoms with Gasteiger partial charge in [0, 0.05) is 11.8 Å². The number of hydrogen-bond acceptors (Lipinski definition) is 6. The Bertz CT molecular complexity index is 1110. The van der Waals surface area contributed by atoms with Crippen LogP contribution in [0.1, 0.15) is 5.56 Å². The summed E-state index contributed by atoms with van der Waals surface area (Å²) in [6.45, 7) is 0.640. The summed E-state index contributed by atoms with van der Waals surface area (Å²) in [6, 6.07) is 21.5. The quantitative estimate of drug-likeness (QED) is 0.402. The monoisotopic (exact) mass is 436 g/mol. The van der Waals surface area contributed by atoms with Crippen molar-refractivity contribution >= 4 is 34.7 Å². The van der Waals surface area contributed by atoms with Crippen LogP contribution in [0, 0.1) is 0 Å². The number of methoxy groups -OCH3 is 1. The maximum Gasteiger partial charge on any atom is 0.234 e. The number of thiophene rings is 1. The first-order valence-electron chi connectivity index (χ1n) is 9.30. The molecule has 0 spiro atoms. The van der Waals surface area contributed by atoms with E-state index in [1.807, 2.05) is 53.9 Å². The summed E-state index contributed by atoms with van der Waals surface area (Å²) in [6.07, 6.45) is 0. The molecule has 1 N–H and O–H groups in total. The van der Waals surface area contributed by atoms with Crippen LogP contribution in [0.5, 0.6) is 5.75 Å². The summed E-state index contributed by atoms with van der Waals surface area (Å²) in [5.41, 5.74) is 1.85. The van der Waals surface area contributed by atoms with Crippen molar-refractivity contribution in [2.24, 2.45) is 0 Å². The largest absolute Gasteiger partial charge is 0.497 e. The van der Waals surface area contributed by atoms with Gasteiger partial charge in [0.25, 0.3) is 0 Å². The van der Waals surface area contributed by atoms with Gasteiger partial charge in [-0.2, -0.15) is 0 Å². The number of carbonyl (C=O) groups is 1. The van der Waals surface area contributed by atoms with Crippen molar-refractivity contribution in [3.63, 3.8) is 0 Å². The molecule has 6 nitrogen and oxygen atoms in total. The summed E-state index contributed by atoms with van der Waals surface area (Å²) >= 11 is 2.99. The number of thioether (sulfide) groups is 1. The number of anilines is 1. The van der Waals surface area contributed by atoms with E-state index >= 15 is 0 Å². The molecule has 2 aromatic heterocycles. The van der Waals surface area contributed by atoms with Crippen LogP contribution < -0.4 is 10.1 Å². The zero-order chi connectivity index (χ0) is 20.8. The fraction of sp³-hybridized carbons (Fsp3) is 0.136. The van der Waals surface area contributed by atoms with Gasteiger partial charge in [-0.3, -0.25) is 9.36 Å². The topological polar surface area (TPSA) is 69.0 Å². The van der Waals surface area contributed by atoms with Gasteiger partial charge in [0.05, 0.1) is 24.3 Å². The number of hydrogen-bond donors (Lipinski definition) is 1. The molecule has 2 aromatic carbocycles. The molecule has 0 aliphatic carbocycles. The zero-order valence-electron chi connectivity index (χ0n) is 16.3. The highest BCUT2D eigenvalue weighted by Gasteiger charge is 2.17. The van der Waals surface area contributed by atoms with Crippen molar-refractivity contribution in [1.29, 1.82) is 0 Å². The Morgan fingerprint density at radius 1 is 1.10 bits per heavy atom. The van der Waals surface area contributed by atoms with E-state index in [2.05, 4.69) is 32.2 Å². The van der Waals surface area contributed by atoms with Crippen molar-refractivity contribution in [1.82, 2.24) is 14.8 Å². The minimum atomic E-state index is -0.111. The molecule has 2 heterocycles. The molecule has 152 valence electrons. The van der Waals surface area contributed by atoms with Crippen LogP contribution >= 0.6 is 23.1 Å². The second-order valence-electron chi connectivity index (χ2n) is 6.42. The molecule has 1 amide bonds. The molecule has 0 atom stereocenters. The lowest BCUT2D eigenvalue weighted by atomic mass is 10.2. The van der Waals surface area contributed by atoms with Gasteiger partial charge in [-0.05, 0) is 29.1 Å². The smallest absolute Gasteiger partial charge is 0.234 e. The van der Waals surface area contributed by atoms with Gasteiger partial charge in [-0.15, -0.1) is 21.5 Å². The first kappa shape index (κ1) is 20.2. The number of nitrogens with zero attached hydrogens (tertiary/aromatic N) is 3. The van der Waals surface area contributed by atoms with Crippen molar-refractivity contribution < 1.29 is 9.53 Å². The number of benzene rings is 2. The summed E-state index contributed by atoms with van der Waals surface area (Å²) < 4.78 is 7.26. The minimum Gasteiger partial charge on any atom is -0.497 e. The average molecular weight is 437 g/mol. The normalized spacial score (nSPS) is 10.7. The Hall–Kier alpha value is -3.10. The van der Waals surface area contributed by atoms with Crippen LogP contribution in [0.3, 0.4) is 0 Å². The van der Waals surface area contributed by atoms with E-state index in [0.717, 1.165) is 16.3 Å². The molecule has 0 saturated heterocycles. The molecule has 0 fully saturated rings. The van der Waals surface area contributed by atoms with Crippen LogP contribution in [0.25, 0.3) is 10.7 Å². The van der Waals surface area contributed by atoms with E-state index in [1.54, 1.807) is 24.5 Å². The molecule has 30 heavy (non-hydrogen) atoms. The molecule has 4 rings (SSSR count). The third kappa shape index (κ3) is 4.90. The molecule has 0 aliphatic rings. The predicted molar refractivity (Wildman–Crippen MR) is 121 cm³/mol. The van der Waals surface area contributed by atoms with E-state index in [0.29, 0.717) is 23.1 Å². The molecule has 0 unspecified atom stereocenters. The van der Waals surface area contributed by atoms with E-state index < -0.39 is 0 Å². The lowest BCUT2D eigenvalue weighted by molar-refractivity contribution is -0.113. The fourth-order valence-corrected chi connectivity index (χ4v) is 4.38. The molecular formula is C22H20N4O2S2. The van der Waals surface area contributed by atoms with Crippen LogP contribution in [0.2, 0.25) is 0 Å². The highest BCUT2D eigenvalue weighted by molar-refractivity contribution is 7.99. The Labute approximate surface area is 182 Å². The highest BCUT2D eigenvalue weighted by Crippen LogP contribution is 2.28. The highest BCUT2D eigenvalue weighted by atomic mass is 32.2. The van der Waals surface area contributed by atoms with Crippen LogP contribution in [-0.4, -0.2) is 33.5 Å². The molecule has 0 aliphatic heterocycles. The van der Waals surface area contributed by atoms with Crippen molar-refractivity contribution in [3.05, 3.63) is 77.7 Å². The van der Waals surface area contributed by atoms with E-state index in [4.69, 9.17) is 4.74 Å². The molecule has 0 radical (unpaired) electrons. The summed E-state index contributed by atoms with van der Waals surface area (Å²) in [5.74, 6) is 1.63. The average Bonchev–Trinajstić information content (AvgIpc) is 3.43. The van der Waals surface area contributed by atoms with E-state index in [9.17, 15) is 4.79 Å². The number of ether oxygens (including phenoxy) is 1. The molecule has 0 bridgehead atoms. The number of carbonyl (C=O) groups excluding carboxylic acids is 1. The lowest BCUT2D eigenvalue weighted by Crippen LogP contribution is -2.14. The van der Waals surface area contributed by atoms with E-state index in [-0.39, 0.29) is 11.7 Å². The lowest BCUT2D eigenvalue weighted by Gasteiger charge is -2.10. The number of nitrogens with one attached hydrogen (secondary N) is 1.